The normalized spacial score (nSPS) is 10.8. The Morgan fingerprint density at radius 1 is 0.250 bits per heavy atom. The number of rotatable bonds is 5. The van der Waals surface area contributed by atoms with E-state index in [1.54, 1.807) is 0 Å². The van der Waals surface area contributed by atoms with Crippen LogP contribution in [0.2, 0.25) is 0 Å². The summed E-state index contributed by atoms with van der Waals surface area (Å²) in [6, 6.07) is 46.4. The fraction of sp³-hybridized carbons (Fsp3) is 0. The molecule has 0 aliphatic carbocycles. The summed E-state index contributed by atoms with van der Waals surface area (Å²) in [6.45, 7) is 0. The van der Waals surface area contributed by atoms with Crippen LogP contribution in [0.15, 0.2) is 146 Å². The van der Waals surface area contributed by atoms with Crippen LogP contribution in [0.25, 0.3) is 55.9 Å². The summed E-state index contributed by atoms with van der Waals surface area (Å²) in [6.07, 6.45) is 3.70. The van der Waals surface area contributed by atoms with Gasteiger partial charge in [-0.3, -0.25) is 9.97 Å². The summed E-state index contributed by atoms with van der Waals surface area (Å²) in [4.78, 5) is 9.28. The fourth-order valence-electron chi connectivity index (χ4n) is 4.83. The van der Waals surface area contributed by atoms with Crippen LogP contribution in [0.4, 0.5) is 0 Å². The molecule has 0 N–H and O–H groups in total. The largest absolute Gasteiger partial charge is 0.256 e. The minimum Gasteiger partial charge on any atom is -0.256 e. The van der Waals surface area contributed by atoms with Gasteiger partial charge in [0.2, 0.25) is 0 Å². The Bertz CT molecular complexity index is 1500. The lowest BCUT2D eigenvalue weighted by Crippen LogP contribution is -1.93. The highest BCUT2D eigenvalue weighted by molar-refractivity contribution is 5.97. The maximum atomic E-state index is 4.64. The molecule has 0 saturated heterocycles. The minimum absolute atomic E-state index is 0.969. The van der Waals surface area contributed by atoms with Crippen LogP contribution in [0.3, 0.4) is 0 Å². The SMILES string of the molecule is c1ccc(-c2ccccc2-c2ccccc2-c2ccccc2-c2ccccc2-c2ccccn2)nc1. The topological polar surface area (TPSA) is 25.8 Å². The van der Waals surface area contributed by atoms with Gasteiger partial charge in [-0.25, -0.2) is 0 Å². The van der Waals surface area contributed by atoms with Gasteiger partial charge in [-0.05, 0) is 57.6 Å². The summed E-state index contributed by atoms with van der Waals surface area (Å²) in [5, 5.41) is 0. The molecule has 0 aliphatic rings. The van der Waals surface area contributed by atoms with E-state index in [9.17, 15) is 0 Å². The Labute approximate surface area is 211 Å². The molecule has 170 valence electrons. The van der Waals surface area contributed by atoms with Crippen molar-refractivity contribution < 1.29 is 0 Å². The summed E-state index contributed by atoms with van der Waals surface area (Å²) >= 11 is 0. The summed E-state index contributed by atoms with van der Waals surface area (Å²) in [5.74, 6) is 0. The molecule has 36 heavy (non-hydrogen) atoms. The van der Waals surface area contributed by atoms with E-state index < -0.39 is 0 Å². The van der Waals surface area contributed by atoms with Gasteiger partial charge in [0.05, 0.1) is 11.4 Å². The Morgan fingerprint density at radius 3 is 0.778 bits per heavy atom. The van der Waals surface area contributed by atoms with Gasteiger partial charge >= 0.3 is 0 Å². The van der Waals surface area contributed by atoms with Gasteiger partial charge in [0.1, 0.15) is 0 Å². The van der Waals surface area contributed by atoms with Crippen molar-refractivity contribution in [2.24, 2.45) is 0 Å². The molecule has 0 unspecified atom stereocenters. The van der Waals surface area contributed by atoms with Gasteiger partial charge in [-0.15, -0.1) is 0 Å². The lowest BCUT2D eigenvalue weighted by molar-refractivity contribution is 1.32. The molecule has 0 aliphatic heterocycles. The highest BCUT2D eigenvalue weighted by Crippen LogP contribution is 2.42. The fourth-order valence-corrected chi connectivity index (χ4v) is 4.83. The lowest BCUT2D eigenvalue weighted by atomic mass is 9.86. The van der Waals surface area contributed by atoms with Gasteiger partial charge in [-0.1, -0.05) is 109 Å². The first-order chi connectivity index (χ1) is 17.9. The minimum atomic E-state index is 0.969. The smallest absolute Gasteiger partial charge is 0.0708 e. The first-order valence-corrected chi connectivity index (χ1v) is 12.1. The third kappa shape index (κ3) is 4.10. The second-order valence-corrected chi connectivity index (χ2v) is 8.61. The molecule has 0 fully saturated rings. The summed E-state index contributed by atoms with van der Waals surface area (Å²) < 4.78 is 0. The number of nitrogens with zero attached hydrogens (tertiary/aromatic N) is 2. The second-order valence-electron chi connectivity index (χ2n) is 8.61. The molecule has 0 spiro atoms. The molecule has 4 aromatic carbocycles. The van der Waals surface area contributed by atoms with Crippen LogP contribution >= 0.6 is 0 Å². The number of aromatic nitrogens is 2. The van der Waals surface area contributed by atoms with Gasteiger partial charge in [0.25, 0.3) is 0 Å². The highest BCUT2D eigenvalue weighted by atomic mass is 14.7. The molecular weight excluding hydrogens is 436 g/mol. The zero-order chi connectivity index (χ0) is 24.2. The van der Waals surface area contributed by atoms with Crippen LogP contribution in [0, 0.1) is 0 Å². The van der Waals surface area contributed by atoms with E-state index >= 15 is 0 Å². The molecule has 6 rings (SSSR count). The highest BCUT2D eigenvalue weighted by Gasteiger charge is 2.17. The number of hydrogen-bond donors (Lipinski definition) is 0. The van der Waals surface area contributed by atoms with Gasteiger partial charge in [0.15, 0.2) is 0 Å². The molecule has 6 aromatic rings. The Balaban J connectivity index is 1.56. The lowest BCUT2D eigenvalue weighted by Gasteiger charge is -2.18. The van der Waals surface area contributed by atoms with E-state index in [1.807, 2.05) is 36.7 Å². The summed E-state index contributed by atoms with van der Waals surface area (Å²) in [5.41, 5.74) is 11.3. The zero-order valence-electron chi connectivity index (χ0n) is 19.8. The Hall–Kier alpha value is -4.82. The third-order valence-corrected chi connectivity index (χ3v) is 6.46. The number of benzene rings is 4. The van der Waals surface area contributed by atoms with Crippen molar-refractivity contribution in [1.29, 1.82) is 0 Å². The van der Waals surface area contributed by atoms with E-state index in [0.717, 1.165) is 22.5 Å². The molecule has 0 amide bonds. The predicted octanol–water partition coefficient (Wildman–Crippen LogP) is 8.81. The monoisotopic (exact) mass is 460 g/mol. The molecule has 0 atom stereocenters. The summed E-state index contributed by atoms with van der Waals surface area (Å²) in [7, 11) is 0. The van der Waals surface area contributed by atoms with Crippen LogP contribution in [0.1, 0.15) is 0 Å². The molecule has 2 nitrogen and oxygen atoms in total. The molecule has 2 aromatic heterocycles. The van der Waals surface area contributed by atoms with Crippen molar-refractivity contribution in [3.8, 4) is 55.9 Å². The average Bonchev–Trinajstić information content (AvgIpc) is 2.98. The van der Waals surface area contributed by atoms with Crippen molar-refractivity contribution in [3.63, 3.8) is 0 Å². The Kier molecular flexibility index (Phi) is 5.91. The molecule has 2 heteroatoms. The first kappa shape index (κ1) is 21.7. The molecular formula is C34H24N2. The molecule has 0 radical (unpaired) electrons. The van der Waals surface area contributed by atoms with Crippen LogP contribution in [-0.2, 0) is 0 Å². The molecule has 0 bridgehead atoms. The van der Waals surface area contributed by atoms with E-state index in [2.05, 4.69) is 119 Å². The standard InChI is InChI=1S/C34H24N2/c1-3-15-27(29-17-5-7-19-31(29)33-21-9-11-23-35-33)25(13-1)26-14-2-4-16-28(26)30-18-6-8-20-32(30)34-22-10-12-24-36-34/h1-24H. The van der Waals surface area contributed by atoms with E-state index in [4.69, 9.17) is 0 Å². The Morgan fingerprint density at radius 2 is 0.500 bits per heavy atom. The van der Waals surface area contributed by atoms with E-state index in [0.29, 0.717) is 0 Å². The third-order valence-electron chi connectivity index (χ3n) is 6.46. The van der Waals surface area contributed by atoms with Crippen molar-refractivity contribution in [2.75, 3.05) is 0 Å². The zero-order valence-corrected chi connectivity index (χ0v) is 19.8. The van der Waals surface area contributed by atoms with Crippen molar-refractivity contribution in [3.05, 3.63) is 146 Å². The van der Waals surface area contributed by atoms with Gasteiger partial charge < -0.3 is 0 Å². The van der Waals surface area contributed by atoms with E-state index in [-0.39, 0.29) is 0 Å². The van der Waals surface area contributed by atoms with Gasteiger partial charge in [-0.2, -0.15) is 0 Å². The maximum Gasteiger partial charge on any atom is 0.0708 e. The van der Waals surface area contributed by atoms with Crippen molar-refractivity contribution in [1.82, 2.24) is 9.97 Å². The van der Waals surface area contributed by atoms with Crippen molar-refractivity contribution >= 4 is 0 Å². The molecule has 2 heterocycles. The van der Waals surface area contributed by atoms with Gasteiger partial charge in [0, 0.05) is 23.5 Å². The van der Waals surface area contributed by atoms with Crippen LogP contribution in [0.5, 0.6) is 0 Å². The number of hydrogen-bond acceptors (Lipinski definition) is 2. The predicted molar refractivity (Wildman–Crippen MR) is 149 cm³/mol. The second kappa shape index (κ2) is 9.81. The number of pyridine rings is 2. The maximum absolute atomic E-state index is 4.64. The first-order valence-electron chi connectivity index (χ1n) is 12.1. The van der Waals surface area contributed by atoms with Crippen LogP contribution < -0.4 is 0 Å². The molecule has 0 saturated carbocycles. The van der Waals surface area contributed by atoms with E-state index in [1.165, 1.54) is 33.4 Å². The quantitative estimate of drug-likeness (QED) is 0.257. The average molecular weight is 461 g/mol. The van der Waals surface area contributed by atoms with Crippen molar-refractivity contribution in [2.45, 2.75) is 0 Å². The van der Waals surface area contributed by atoms with Crippen LogP contribution in [-0.4, -0.2) is 9.97 Å².